The molecule has 4 heteroatoms. The Balaban J connectivity index is 2.38. The average Bonchev–Trinajstić information content (AvgIpc) is 2.49. The molecule has 0 unspecified atom stereocenters. The topological polar surface area (TPSA) is 58.6 Å². The van der Waals surface area contributed by atoms with E-state index in [2.05, 4.69) is 19.2 Å². The predicted molar refractivity (Wildman–Crippen MR) is 87.9 cm³/mol. The minimum atomic E-state index is -0.354. The van der Waals surface area contributed by atoms with E-state index in [1.54, 1.807) is 18.2 Å². The molecule has 0 bridgehead atoms. The molecule has 0 aliphatic heterocycles. The van der Waals surface area contributed by atoms with Crippen molar-refractivity contribution >= 4 is 11.6 Å². The predicted octanol–water partition coefficient (Wildman–Crippen LogP) is 4.08. The first-order valence-corrected chi connectivity index (χ1v) is 7.22. The Labute approximate surface area is 130 Å². The van der Waals surface area contributed by atoms with E-state index in [1.807, 2.05) is 25.1 Å². The summed E-state index contributed by atoms with van der Waals surface area (Å²) in [5.74, 6) is 0.0606. The van der Waals surface area contributed by atoms with Gasteiger partial charge in [0, 0.05) is 5.69 Å². The number of phenolic OH excluding ortho intramolecular Hbond substituents is 1. The summed E-state index contributed by atoms with van der Waals surface area (Å²) in [6, 6.07) is 10.8. The number of methoxy groups -OCH3 is 1. The number of carbonyl (C=O) groups excluding carboxylic acids is 1. The van der Waals surface area contributed by atoms with Gasteiger partial charge in [-0.3, -0.25) is 4.79 Å². The summed E-state index contributed by atoms with van der Waals surface area (Å²) in [6.45, 7) is 6.10. The van der Waals surface area contributed by atoms with E-state index in [0.29, 0.717) is 0 Å². The molecule has 1 amide bonds. The Kier molecular flexibility index (Phi) is 4.71. The molecule has 0 spiro atoms. The number of hydrogen-bond donors (Lipinski definition) is 2. The van der Waals surface area contributed by atoms with Crippen LogP contribution in [0, 0.1) is 6.92 Å². The first kappa shape index (κ1) is 15.9. The number of hydrogen-bond acceptors (Lipinski definition) is 3. The molecule has 0 aromatic heterocycles. The van der Waals surface area contributed by atoms with E-state index in [4.69, 9.17) is 4.74 Å². The Hall–Kier alpha value is -2.49. The van der Waals surface area contributed by atoms with Crippen molar-refractivity contribution < 1.29 is 14.6 Å². The number of rotatable bonds is 4. The van der Waals surface area contributed by atoms with Gasteiger partial charge in [0.2, 0.25) is 0 Å². The number of amides is 1. The zero-order chi connectivity index (χ0) is 16.3. The van der Waals surface area contributed by atoms with E-state index in [0.717, 1.165) is 16.8 Å². The van der Waals surface area contributed by atoms with Crippen molar-refractivity contribution in [2.45, 2.75) is 26.7 Å². The van der Waals surface area contributed by atoms with Gasteiger partial charge in [0.25, 0.3) is 5.91 Å². The van der Waals surface area contributed by atoms with Gasteiger partial charge in [-0.05, 0) is 36.1 Å². The molecule has 0 fully saturated rings. The smallest absolute Gasteiger partial charge is 0.259 e. The molecule has 0 saturated carbocycles. The Morgan fingerprint density at radius 1 is 1.18 bits per heavy atom. The number of phenols is 1. The lowest BCUT2D eigenvalue weighted by molar-refractivity contribution is 0.102. The number of aromatic hydroxyl groups is 1. The number of nitrogens with one attached hydrogen (secondary N) is 1. The van der Waals surface area contributed by atoms with Gasteiger partial charge in [-0.2, -0.15) is 0 Å². The van der Waals surface area contributed by atoms with Crippen LogP contribution in [0.2, 0.25) is 0 Å². The maximum atomic E-state index is 12.5. The van der Waals surface area contributed by atoms with Crippen LogP contribution in [0.25, 0.3) is 0 Å². The average molecular weight is 299 g/mol. The summed E-state index contributed by atoms with van der Waals surface area (Å²) in [4.78, 5) is 12.5. The van der Waals surface area contributed by atoms with Crippen LogP contribution < -0.4 is 10.1 Å². The van der Waals surface area contributed by atoms with Crippen molar-refractivity contribution in [3.05, 3.63) is 53.1 Å². The molecule has 2 N–H and O–H groups in total. The molecule has 116 valence electrons. The number of para-hydroxylation sites is 2. The van der Waals surface area contributed by atoms with Crippen LogP contribution in [-0.2, 0) is 0 Å². The first-order chi connectivity index (χ1) is 10.5. The third-order valence-corrected chi connectivity index (χ3v) is 3.63. The number of anilines is 1. The zero-order valence-electron chi connectivity index (χ0n) is 13.3. The van der Waals surface area contributed by atoms with Gasteiger partial charge in [0.05, 0.1) is 12.7 Å². The number of aryl methyl sites for hydroxylation is 1. The molecule has 0 heterocycles. The van der Waals surface area contributed by atoms with Crippen molar-refractivity contribution in [2.24, 2.45) is 0 Å². The third-order valence-electron chi connectivity index (χ3n) is 3.63. The van der Waals surface area contributed by atoms with Crippen molar-refractivity contribution in [1.82, 2.24) is 0 Å². The summed E-state index contributed by atoms with van der Waals surface area (Å²) in [7, 11) is 1.45. The Bertz CT molecular complexity index is 693. The molecule has 2 rings (SSSR count). The highest BCUT2D eigenvalue weighted by atomic mass is 16.5. The molecule has 2 aromatic rings. The molecule has 0 saturated heterocycles. The van der Waals surface area contributed by atoms with Crippen LogP contribution in [0.5, 0.6) is 11.5 Å². The summed E-state index contributed by atoms with van der Waals surface area (Å²) >= 11 is 0. The van der Waals surface area contributed by atoms with E-state index in [-0.39, 0.29) is 28.9 Å². The monoisotopic (exact) mass is 299 g/mol. The summed E-state index contributed by atoms with van der Waals surface area (Å²) < 4.78 is 5.04. The van der Waals surface area contributed by atoms with Crippen LogP contribution in [0.3, 0.4) is 0 Å². The molecule has 0 radical (unpaired) electrons. The van der Waals surface area contributed by atoms with Crippen molar-refractivity contribution in [1.29, 1.82) is 0 Å². The Morgan fingerprint density at radius 3 is 2.50 bits per heavy atom. The second-order valence-electron chi connectivity index (χ2n) is 5.50. The minimum absolute atomic E-state index is 0.151. The summed E-state index contributed by atoms with van der Waals surface area (Å²) in [5.41, 5.74) is 3.04. The van der Waals surface area contributed by atoms with Crippen LogP contribution in [0.15, 0.2) is 36.4 Å². The zero-order valence-corrected chi connectivity index (χ0v) is 13.3. The van der Waals surface area contributed by atoms with Crippen molar-refractivity contribution in [2.75, 3.05) is 12.4 Å². The standard InChI is InChI=1S/C18H21NO3/c1-11(2)13-8-5-7-12(3)16(13)19-18(21)14-9-6-10-15(22-4)17(14)20/h5-11,20H,1-4H3,(H,19,21). The van der Waals surface area contributed by atoms with Crippen LogP contribution in [0.4, 0.5) is 5.69 Å². The molecule has 4 nitrogen and oxygen atoms in total. The second kappa shape index (κ2) is 6.52. The number of ether oxygens (including phenoxy) is 1. The maximum absolute atomic E-state index is 12.5. The van der Waals surface area contributed by atoms with Gasteiger partial charge in [0.15, 0.2) is 11.5 Å². The lowest BCUT2D eigenvalue weighted by Crippen LogP contribution is -2.15. The lowest BCUT2D eigenvalue weighted by Gasteiger charge is -2.17. The van der Waals surface area contributed by atoms with Crippen LogP contribution in [0.1, 0.15) is 41.3 Å². The summed E-state index contributed by atoms with van der Waals surface area (Å²) in [6.07, 6.45) is 0. The molecular weight excluding hydrogens is 278 g/mol. The fraction of sp³-hybridized carbons (Fsp3) is 0.278. The van der Waals surface area contributed by atoms with E-state index in [9.17, 15) is 9.90 Å². The highest BCUT2D eigenvalue weighted by molar-refractivity contribution is 6.07. The number of benzene rings is 2. The first-order valence-electron chi connectivity index (χ1n) is 7.22. The third kappa shape index (κ3) is 3.06. The largest absolute Gasteiger partial charge is 0.504 e. The van der Waals surface area contributed by atoms with Crippen molar-refractivity contribution in [3.8, 4) is 11.5 Å². The van der Waals surface area contributed by atoms with Crippen LogP contribution >= 0.6 is 0 Å². The molecular formula is C18H21NO3. The van der Waals surface area contributed by atoms with Gasteiger partial charge in [-0.1, -0.05) is 38.1 Å². The van der Waals surface area contributed by atoms with Gasteiger partial charge in [-0.15, -0.1) is 0 Å². The van der Waals surface area contributed by atoms with Crippen molar-refractivity contribution in [3.63, 3.8) is 0 Å². The normalized spacial score (nSPS) is 10.6. The SMILES string of the molecule is COc1cccc(C(=O)Nc2c(C)cccc2C(C)C)c1O. The molecule has 0 aliphatic rings. The quantitative estimate of drug-likeness (QED) is 0.894. The minimum Gasteiger partial charge on any atom is -0.504 e. The van der Waals surface area contributed by atoms with Crippen LogP contribution in [-0.4, -0.2) is 18.1 Å². The van der Waals surface area contributed by atoms with Gasteiger partial charge in [-0.25, -0.2) is 0 Å². The van der Waals surface area contributed by atoms with E-state index < -0.39 is 0 Å². The van der Waals surface area contributed by atoms with Gasteiger partial charge >= 0.3 is 0 Å². The van der Waals surface area contributed by atoms with Gasteiger partial charge < -0.3 is 15.2 Å². The van der Waals surface area contributed by atoms with E-state index in [1.165, 1.54) is 7.11 Å². The fourth-order valence-electron chi connectivity index (χ4n) is 2.39. The fourth-order valence-corrected chi connectivity index (χ4v) is 2.39. The number of carbonyl (C=O) groups is 1. The highest BCUT2D eigenvalue weighted by Gasteiger charge is 2.17. The molecule has 0 aliphatic carbocycles. The maximum Gasteiger partial charge on any atom is 0.259 e. The second-order valence-corrected chi connectivity index (χ2v) is 5.50. The molecule has 22 heavy (non-hydrogen) atoms. The van der Waals surface area contributed by atoms with E-state index >= 15 is 0 Å². The molecule has 2 aromatic carbocycles. The van der Waals surface area contributed by atoms with Gasteiger partial charge in [0.1, 0.15) is 0 Å². The lowest BCUT2D eigenvalue weighted by atomic mass is 9.98. The Morgan fingerprint density at radius 2 is 1.86 bits per heavy atom. The molecule has 0 atom stereocenters. The summed E-state index contributed by atoms with van der Waals surface area (Å²) in [5, 5.41) is 13.0. The highest BCUT2D eigenvalue weighted by Crippen LogP contribution is 2.32.